The molecule has 6 nitrogen and oxygen atoms in total. The van der Waals surface area contributed by atoms with Crippen LogP contribution in [0.3, 0.4) is 0 Å². The number of nitrogens with one attached hydrogen (secondary N) is 2. The fraction of sp³-hybridized carbons (Fsp3) is 0.318. The second-order valence-electron chi connectivity index (χ2n) is 7.31. The van der Waals surface area contributed by atoms with Gasteiger partial charge in [-0.15, -0.1) is 5.10 Å². The highest BCUT2D eigenvalue weighted by Crippen LogP contribution is 2.23. The Labute approximate surface area is 166 Å². The number of hydrogen-bond acceptors (Lipinski definition) is 6. The molecule has 0 spiro atoms. The predicted octanol–water partition coefficient (Wildman–Crippen LogP) is 4.97. The van der Waals surface area contributed by atoms with Gasteiger partial charge >= 0.3 is 0 Å². The quantitative estimate of drug-likeness (QED) is 0.657. The summed E-state index contributed by atoms with van der Waals surface area (Å²) in [5, 5.41) is 14.7. The van der Waals surface area contributed by atoms with Gasteiger partial charge in [-0.25, -0.2) is 0 Å². The second-order valence-corrected chi connectivity index (χ2v) is 7.31. The van der Waals surface area contributed by atoms with Crippen molar-refractivity contribution in [1.29, 1.82) is 0 Å². The molecule has 0 aliphatic carbocycles. The highest BCUT2D eigenvalue weighted by atomic mass is 15.3. The van der Waals surface area contributed by atoms with Gasteiger partial charge in [-0.05, 0) is 80.6 Å². The molecule has 6 heteroatoms. The van der Waals surface area contributed by atoms with Gasteiger partial charge < -0.3 is 15.5 Å². The first-order chi connectivity index (χ1) is 13.7. The molecule has 2 heterocycles. The molecule has 0 bridgehead atoms. The van der Waals surface area contributed by atoms with Gasteiger partial charge in [0.25, 0.3) is 0 Å². The molecule has 28 heavy (non-hydrogen) atoms. The molecule has 1 fully saturated rings. The predicted molar refractivity (Wildman–Crippen MR) is 115 cm³/mol. The van der Waals surface area contributed by atoms with E-state index in [4.69, 9.17) is 0 Å². The molecule has 4 rings (SSSR count). The Morgan fingerprint density at radius 1 is 0.821 bits per heavy atom. The Balaban J connectivity index is 1.43. The van der Waals surface area contributed by atoms with Gasteiger partial charge in [0.15, 0.2) is 5.82 Å². The van der Waals surface area contributed by atoms with E-state index in [1.54, 1.807) is 6.20 Å². The molecule has 0 atom stereocenters. The Kier molecular flexibility index (Phi) is 5.37. The van der Waals surface area contributed by atoms with Crippen molar-refractivity contribution >= 4 is 28.8 Å². The van der Waals surface area contributed by atoms with Crippen LogP contribution in [0.25, 0.3) is 0 Å². The van der Waals surface area contributed by atoms with Crippen molar-refractivity contribution < 1.29 is 0 Å². The molecular formula is C22H26N6. The summed E-state index contributed by atoms with van der Waals surface area (Å²) in [5.41, 5.74) is 5.70. The van der Waals surface area contributed by atoms with Crippen LogP contribution in [0.2, 0.25) is 0 Å². The highest BCUT2D eigenvalue weighted by molar-refractivity contribution is 5.62. The lowest BCUT2D eigenvalue weighted by Gasteiger charge is -2.28. The van der Waals surface area contributed by atoms with Crippen LogP contribution in [0.1, 0.15) is 30.4 Å². The topological polar surface area (TPSA) is 66.0 Å². The molecule has 0 saturated carbocycles. The van der Waals surface area contributed by atoms with E-state index in [0.717, 1.165) is 24.5 Å². The number of aryl methyl sites for hydroxylation is 2. The third kappa shape index (κ3) is 4.39. The standard InChI is InChI=1S/C22H26N6/c1-16-6-7-19(14-17(16)2)25-22-26-21(15-23-27-22)24-18-8-10-20(11-9-18)28-12-4-3-5-13-28/h6-11,14-15H,3-5,12-13H2,1-2H3,(H2,24,25,26,27). The Bertz CT molecular complexity index is 932. The van der Waals surface area contributed by atoms with Crippen LogP contribution in [-0.2, 0) is 0 Å². The van der Waals surface area contributed by atoms with E-state index >= 15 is 0 Å². The van der Waals surface area contributed by atoms with Crippen LogP contribution in [0.5, 0.6) is 0 Å². The monoisotopic (exact) mass is 374 g/mol. The van der Waals surface area contributed by atoms with Crippen molar-refractivity contribution in [3.05, 3.63) is 59.8 Å². The molecule has 1 saturated heterocycles. The summed E-state index contributed by atoms with van der Waals surface area (Å²) in [6, 6.07) is 14.7. The largest absolute Gasteiger partial charge is 0.372 e. The first-order valence-electron chi connectivity index (χ1n) is 9.83. The maximum Gasteiger partial charge on any atom is 0.249 e. The van der Waals surface area contributed by atoms with E-state index < -0.39 is 0 Å². The van der Waals surface area contributed by atoms with Crippen molar-refractivity contribution in [3.63, 3.8) is 0 Å². The van der Waals surface area contributed by atoms with E-state index in [1.165, 1.54) is 36.1 Å². The summed E-state index contributed by atoms with van der Waals surface area (Å²) in [4.78, 5) is 6.97. The first kappa shape index (κ1) is 18.2. The number of aromatic nitrogens is 3. The van der Waals surface area contributed by atoms with Gasteiger partial charge in [-0.1, -0.05) is 6.07 Å². The number of anilines is 5. The molecule has 2 N–H and O–H groups in total. The molecule has 0 amide bonds. The van der Waals surface area contributed by atoms with Crippen molar-refractivity contribution in [1.82, 2.24) is 15.2 Å². The van der Waals surface area contributed by atoms with Gasteiger partial charge in [0.2, 0.25) is 5.95 Å². The molecule has 1 aromatic heterocycles. The zero-order chi connectivity index (χ0) is 19.3. The second kappa shape index (κ2) is 8.25. The third-order valence-corrected chi connectivity index (χ3v) is 5.18. The molecular weight excluding hydrogens is 348 g/mol. The molecule has 0 radical (unpaired) electrons. The maximum atomic E-state index is 4.52. The average molecular weight is 374 g/mol. The van der Waals surface area contributed by atoms with Crippen LogP contribution in [0, 0.1) is 13.8 Å². The van der Waals surface area contributed by atoms with E-state index in [2.05, 4.69) is 81.0 Å². The fourth-order valence-electron chi connectivity index (χ4n) is 3.42. The lowest BCUT2D eigenvalue weighted by molar-refractivity contribution is 0.578. The summed E-state index contributed by atoms with van der Waals surface area (Å²) in [6.45, 7) is 6.48. The van der Waals surface area contributed by atoms with Crippen LogP contribution < -0.4 is 15.5 Å². The summed E-state index contributed by atoms with van der Waals surface area (Å²) in [5.74, 6) is 1.13. The van der Waals surface area contributed by atoms with Gasteiger partial charge in [-0.2, -0.15) is 10.1 Å². The smallest absolute Gasteiger partial charge is 0.249 e. The van der Waals surface area contributed by atoms with Crippen LogP contribution >= 0.6 is 0 Å². The van der Waals surface area contributed by atoms with Crippen molar-refractivity contribution in [3.8, 4) is 0 Å². The average Bonchev–Trinajstić information content (AvgIpc) is 2.72. The minimum absolute atomic E-state index is 0.471. The normalized spacial score (nSPS) is 14.0. The number of nitrogens with zero attached hydrogens (tertiary/aromatic N) is 4. The molecule has 1 aliphatic rings. The van der Waals surface area contributed by atoms with E-state index in [1.807, 2.05) is 6.07 Å². The summed E-state index contributed by atoms with van der Waals surface area (Å²) in [6.07, 6.45) is 5.53. The minimum Gasteiger partial charge on any atom is -0.372 e. The van der Waals surface area contributed by atoms with Gasteiger partial charge in [-0.3, -0.25) is 0 Å². The number of benzene rings is 2. The molecule has 3 aromatic rings. The Hall–Kier alpha value is -3.15. The molecule has 1 aliphatic heterocycles. The van der Waals surface area contributed by atoms with Gasteiger partial charge in [0.1, 0.15) is 0 Å². The Morgan fingerprint density at radius 2 is 1.57 bits per heavy atom. The van der Waals surface area contributed by atoms with Gasteiger partial charge in [0, 0.05) is 30.2 Å². The van der Waals surface area contributed by atoms with Crippen molar-refractivity contribution in [2.75, 3.05) is 28.6 Å². The number of hydrogen-bond donors (Lipinski definition) is 2. The lowest BCUT2D eigenvalue weighted by atomic mass is 10.1. The van der Waals surface area contributed by atoms with Crippen LogP contribution in [0.4, 0.5) is 28.8 Å². The van der Waals surface area contributed by atoms with E-state index in [-0.39, 0.29) is 0 Å². The van der Waals surface area contributed by atoms with Crippen LogP contribution in [0.15, 0.2) is 48.7 Å². The first-order valence-corrected chi connectivity index (χ1v) is 9.83. The molecule has 144 valence electrons. The molecule has 2 aromatic carbocycles. The number of rotatable bonds is 5. The SMILES string of the molecule is Cc1ccc(Nc2nncc(Nc3ccc(N4CCCCC4)cc3)n2)cc1C. The Morgan fingerprint density at radius 3 is 2.32 bits per heavy atom. The summed E-state index contributed by atoms with van der Waals surface area (Å²) < 4.78 is 0. The van der Waals surface area contributed by atoms with Crippen molar-refractivity contribution in [2.45, 2.75) is 33.1 Å². The number of piperidine rings is 1. The van der Waals surface area contributed by atoms with E-state index in [9.17, 15) is 0 Å². The lowest BCUT2D eigenvalue weighted by Crippen LogP contribution is -2.29. The fourth-order valence-corrected chi connectivity index (χ4v) is 3.42. The third-order valence-electron chi connectivity index (χ3n) is 5.18. The van der Waals surface area contributed by atoms with Gasteiger partial charge in [0.05, 0.1) is 6.20 Å². The van der Waals surface area contributed by atoms with Crippen molar-refractivity contribution in [2.24, 2.45) is 0 Å². The molecule has 0 unspecified atom stereocenters. The van der Waals surface area contributed by atoms with Crippen LogP contribution in [-0.4, -0.2) is 28.3 Å². The summed E-state index contributed by atoms with van der Waals surface area (Å²) in [7, 11) is 0. The van der Waals surface area contributed by atoms with E-state index in [0.29, 0.717) is 11.8 Å². The zero-order valence-corrected chi connectivity index (χ0v) is 16.4. The minimum atomic E-state index is 0.471. The zero-order valence-electron chi connectivity index (χ0n) is 16.4. The highest BCUT2D eigenvalue weighted by Gasteiger charge is 2.10. The summed E-state index contributed by atoms with van der Waals surface area (Å²) >= 11 is 0. The maximum absolute atomic E-state index is 4.52.